The highest BCUT2D eigenvalue weighted by molar-refractivity contribution is 5.76. The molecule has 0 saturated carbocycles. The maximum Gasteiger partial charge on any atom is 0.325 e. The minimum absolute atomic E-state index is 0.191. The van der Waals surface area contributed by atoms with Crippen LogP contribution in [-0.2, 0) is 4.79 Å². The third kappa shape index (κ3) is 3.30. The molecule has 0 aromatic heterocycles. The van der Waals surface area contributed by atoms with Gasteiger partial charge in [-0.3, -0.25) is 10.1 Å². The van der Waals surface area contributed by atoms with Crippen molar-refractivity contribution in [2.24, 2.45) is 0 Å². The molecule has 0 aliphatic rings. The molecule has 3 nitrogen and oxygen atoms in total. The van der Waals surface area contributed by atoms with E-state index in [-0.39, 0.29) is 6.04 Å². The number of hydrogen-bond acceptors (Lipinski definition) is 2. The summed E-state index contributed by atoms with van der Waals surface area (Å²) in [6, 6.07) is 5.37. The standard InChI is InChI=1S/C14H21NO2/c1-5-10(3)15-13(14(16)17)12-8-6-7-9(2)11(12)4/h6-8,10,13,15H,5H2,1-4H3,(H,16,17). The topological polar surface area (TPSA) is 49.3 Å². The van der Waals surface area contributed by atoms with E-state index in [2.05, 4.69) is 5.32 Å². The first-order valence-corrected chi connectivity index (χ1v) is 6.02. The zero-order chi connectivity index (χ0) is 13.0. The number of carboxylic acid groups (broad SMARTS) is 1. The lowest BCUT2D eigenvalue weighted by Crippen LogP contribution is -2.35. The van der Waals surface area contributed by atoms with Gasteiger partial charge < -0.3 is 5.11 Å². The van der Waals surface area contributed by atoms with Gasteiger partial charge in [0.15, 0.2) is 0 Å². The molecule has 0 aliphatic heterocycles. The van der Waals surface area contributed by atoms with Gasteiger partial charge in [-0.25, -0.2) is 0 Å². The van der Waals surface area contributed by atoms with Crippen molar-refractivity contribution < 1.29 is 9.90 Å². The van der Waals surface area contributed by atoms with Gasteiger partial charge in [0.1, 0.15) is 6.04 Å². The Balaban J connectivity index is 3.06. The van der Waals surface area contributed by atoms with Crippen molar-refractivity contribution in [1.82, 2.24) is 5.32 Å². The van der Waals surface area contributed by atoms with Gasteiger partial charge in [0.25, 0.3) is 0 Å². The number of rotatable bonds is 5. The average Bonchev–Trinajstić information content (AvgIpc) is 2.29. The molecule has 0 radical (unpaired) electrons. The summed E-state index contributed by atoms with van der Waals surface area (Å²) in [5.74, 6) is -0.820. The maximum atomic E-state index is 11.4. The molecule has 2 unspecified atom stereocenters. The summed E-state index contributed by atoms with van der Waals surface area (Å²) in [5.41, 5.74) is 3.04. The van der Waals surface area contributed by atoms with E-state index in [1.165, 1.54) is 0 Å². The van der Waals surface area contributed by atoms with Crippen LogP contribution in [0.4, 0.5) is 0 Å². The Kier molecular flexibility index (Phi) is 4.70. The minimum atomic E-state index is -0.820. The van der Waals surface area contributed by atoms with E-state index in [4.69, 9.17) is 0 Å². The van der Waals surface area contributed by atoms with Crippen molar-refractivity contribution in [2.75, 3.05) is 0 Å². The summed E-state index contributed by atoms with van der Waals surface area (Å²) in [7, 11) is 0. The third-order valence-corrected chi connectivity index (χ3v) is 3.27. The highest BCUT2D eigenvalue weighted by Crippen LogP contribution is 2.21. The summed E-state index contributed by atoms with van der Waals surface area (Å²) < 4.78 is 0. The molecule has 0 spiro atoms. The van der Waals surface area contributed by atoms with E-state index in [1.54, 1.807) is 0 Å². The zero-order valence-corrected chi connectivity index (χ0v) is 10.9. The van der Waals surface area contributed by atoms with Crippen LogP contribution in [0.1, 0.15) is 43.0 Å². The number of aryl methyl sites for hydroxylation is 1. The molecule has 2 N–H and O–H groups in total. The van der Waals surface area contributed by atoms with Crippen molar-refractivity contribution in [3.63, 3.8) is 0 Å². The Morgan fingerprint density at radius 1 is 1.41 bits per heavy atom. The Morgan fingerprint density at radius 3 is 2.59 bits per heavy atom. The summed E-state index contributed by atoms with van der Waals surface area (Å²) in [4.78, 5) is 11.4. The molecular formula is C14H21NO2. The predicted octanol–water partition coefficient (Wildman–Crippen LogP) is 2.82. The van der Waals surface area contributed by atoms with Gasteiger partial charge in [0.2, 0.25) is 0 Å². The monoisotopic (exact) mass is 235 g/mol. The minimum Gasteiger partial charge on any atom is -0.480 e. The second kappa shape index (κ2) is 5.82. The fraction of sp³-hybridized carbons (Fsp3) is 0.500. The lowest BCUT2D eigenvalue weighted by atomic mass is 9.97. The molecule has 0 saturated heterocycles. The number of carbonyl (C=O) groups is 1. The summed E-state index contributed by atoms with van der Waals surface area (Å²) in [6.45, 7) is 8.01. The first kappa shape index (κ1) is 13.7. The van der Waals surface area contributed by atoms with E-state index in [0.717, 1.165) is 23.1 Å². The molecular weight excluding hydrogens is 214 g/mol. The molecule has 0 bridgehead atoms. The summed E-state index contributed by atoms with van der Waals surface area (Å²) in [6.07, 6.45) is 0.911. The SMILES string of the molecule is CCC(C)NC(C(=O)O)c1cccc(C)c1C. The number of hydrogen-bond donors (Lipinski definition) is 2. The van der Waals surface area contributed by atoms with Gasteiger partial charge in [-0.15, -0.1) is 0 Å². The van der Waals surface area contributed by atoms with Crippen LogP contribution >= 0.6 is 0 Å². The molecule has 1 aromatic rings. The van der Waals surface area contributed by atoms with Crippen LogP contribution in [0.2, 0.25) is 0 Å². The lowest BCUT2D eigenvalue weighted by molar-refractivity contribution is -0.139. The zero-order valence-electron chi connectivity index (χ0n) is 10.9. The van der Waals surface area contributed by atoms with Crippen molar-refractivity contribution in [3.05, 3.63) is 34.9 Å². The second-order valence-electron chi connectivity index (χ2n) is 4.54. The van der Waals surface area contributed by atoms with Crippen LogP contribution in [0.25, 0.3) is 0 Å². The quantitative estimate of drug-likeness (QED) is 0.825. The van der Waals surface area contributed by atoms with Crippen LogP contribution in [0, 0.1) is 13.8 Å². The van der Waals surface area contributed by atoms with E-state index in [0.29, 0.717) is 0 Å². The van der Waals surface area contributed by atoms with Crippen LogP contribution in [0.3, 0.4) is 0 Å². The fourth-order valence-corrected chi connectivity index (χ4v) is 1.78. The number of carboxylic acids is 1. The van der Waals surface area contributed by atoms with E-state index in [9.17, 15) is 9.90 Å². The molecule has 1 rings (SSSR count). The maximum absolute atomic E-state index is 11.4. The van der Waals surface area contributed by atoms with Gasteiger partial charge in [-0.05, 0) is 43.9 Å². The average molecular weight is 235 g/mol. The van der Waals surface area contributed by atoms with Crippen molar-refractivity contribution >= 4 is 5.97 Å². The smallest absolute Gasteiger partial charge is 0.325 e. The molecule has 94 valence electrons. The molecule has 17 heavy (non-hydrogen) atoms. The van der Waals surface area contributed by atoms with Gasteiger partial charge in [-0.2, -0.15) is 0 Å². The van der Waals surface area contributed by atoms with E-state index >= 15 is 0 Å². The number of aliphatic carboxylic acids is 1. The lowest BCUT2D eigenvalue weighted by Gasteiger charge is -2.21. The first-order chi connectivity index (χ1) is 7.97. The van der Waals surface area contributed by atoms with Gasteiger partial charge in [-0.1, -0.05) is 25.1 Å². The van der Waals surface area contributed by atoms with Gasteiger partial charge in [0, 0.05) is 6.04 Å². The molecule has 1 aromatic carbocycles. The third-order valence-electron chi connectivity index (χ3n) is 3.27. The molecule has 0 fully saturated rings. The Bertz CT molecular complexity index is 401. The summed E-state index contributed by atoms with van der Waals surface area (Å²) in [5, 5.41) is 12.5. The van der Waals surface area contributed by atoms with E-state index in [1.807, 2.05) is 45.9 Å². The van der Waals surface area contributed by atoms with Crippen LogP contribution < -0.4 is 5.32 Å². The van der Waals surface area contributed by atoms with Crippen molar-refractivity contribution in [1.29, 1.82) is 0 Å². The van der Waals surface area contributed by atoms with Crippen LogP contribution in [0.15, 0.2) is 18.2 Å². The highest BCUT2D eigenvalue weighted by atomic mass is 16.4. The first-order valence-electron chi connectivity index (χ1n) is 6.02. The molecule has 2 atom stereocenters. The molecule has 0 aliphatic carbocycles. The van der Waals surface area contributed by atoms with Gasteiger partial charge >= 0.3 is 5.97 Å². The summed E-state index contributed by atoms with van der Waals surface area (Å²) >= 11 is 0. The van der Waals surface area contributed by atoms with Crippen LogP contribution in [0.5, 0.6) is 0 Å². The van der Waals surface area contributed by atoms with E-state index < -0.39 is 12.0 Å². The van der Waals surface area contributed by atoms with Gasteiger partial charge in [0.05, 0.1) is 0 Å². The Labute approximate surface area is 103 Å². The molecule has 3 heteroatoms. The van der Waals surface area contributed by atoms with Crippen molar-refractivity contribution in [3.8, 4) is 0 Å². The highest BCUT2D eigenvalue weighted by Gasteiger charge is 2.22. The normalized spacial score (nSPS) is 14.4. The fourth-order valence-electron chi connectivity index (χ4n) is 1.78. The Morgan fingerprint density at radius 2 is 2.06 bits per heavy atom. The second-order valence-corrected chi connectivity index (χ2v) is 4.54. The largest absolute Gasteiger partial charge is 0.480 e. The number of benzene rings is 1. The molecule has 0 amide bonds. The van der Waals surface area contributed by atoms with Crippen LogP contribution in [-0.4, -0.2) is 17.1 Å². The Hall–Kier alpha value is -1.35. The predicted molar refractivity (Wildman–Crippen MR) is 69.2 cm³/mol. The molecule has 0 heterocycles. The number of nitrogens with one attached hydrogen (secondary N) is 1. The van der Waals surface area contributed by atoms with Crippen molar-refractivity contribution in [2.45, 2.75) is 46.2 Å².